The van der Waals surface area contributed by atoms with Crippen LogP contribution < -0.4 is 5.32 Å². The number of hydrogen-bond acceptors (Lipinski definition) is 2. The Morgan fingerprint density at radius 3 is 2.45 bits per heavy atom. The standard InChI is InChI=1S/C17H25F3N2/c1-10(2)16(22-9-11(3)21-8-12(22)4)13-5-6-14(17(19)20)15(18)7-13/h5-7,10-12,16-17,21H,8-9H2,1-4H3/t11-,12+,16?/m0/s1. The Hall–Kier alpha value is -1.07. The van der Waals surface area contributed by atoms with Gasteiger partial charge in [0.1, 0.15) is 5.82 Å². The van der Waals surface area contributed by atoms with E-state index in [0.29, 0.717) is 12.1 Å². The Kier molecular flexibility index (Phi) is 5.50. The molecular weight excluding hydrogens is 289 g/mol. The minimum atomic E-state index is -2.77. The van der Waals surface area contributed by atoms with E-state index >= 15 is 0 Å². The van der Waals surface area contributed by atoms with Gasteiger partial charge < -0.3 is 5.32 Å². The van der Waals surface area contributed by atoms with Crippen molar-refractivity contribution in [1.29, 1.82) is 0 Å². The number of benzene rings is 1. The Bertz CT molecular complexity index is 505. The maximum Gasteiger partial charge on any atom is 0.266 e. The maximum absolute atomic E-state index is 14.0. The van der Waals surface area contributed by atoms with Crippen molar-refractivity contribution in [2.24, 2.45) is 5.92 Å². The molecule has 0 aromatic heterocycles. The van der Waals surface area contributed by atoms with E-state index in [1.807, 2.05) is 0 Å². The molecule has 3 atom stereocenters. The quantitative estimate of drug-likeness (QED) is 0.898. The zero-order valence-corrected chi connectivity index (χ0v) is 13.6. The molecular formula is C17H25F3N2. The summed E-state index contributed by atoms with van der Waals surface area (Å²) >= 11 is 0. The van der Waals surface area contributed by atoms with Gasteiger partial charge in [0.05, 0.1) is 5.56 Å². The van der Waals surface area contributed by atoms with Crippen LogP contribution in [0, 0.1) is 11.7 Å². The molecule has 1 saturated heterocycles. The first-order chi connectivity index (χ1) is 10.3. The lowest BCUT2D eigenvalue weighted by molar-refractivity contribution is 0.0695. The topological polar surface area (TPSA) is 15.3 Å². The molecule has 0 spiro atoms. The monoisotopic (exact) mass is 314 g/mol. The summed E-state index contributed by atoms with van der Waals surface area (Å²) in [7, 11) is 0. The first kappa shape index (κ1) is 17.3. The number of hydrogen-bond donors (Lipinski definition) is 1. The molecule has 2 rings (SSSR count). The van der Waals surface area contributed by atoms with Crippen LogP contribution in [0.15, 0.2) is 18.2 Å². The van der Waals surface area contributed by atoms with E-state index in [0.717, 1.165) is 18.7 Å². The Balaban J connectivity index is 2.33. The smallest absolute Gasteiger partial charge is 0.266 e. The van der Waals surface area contributed by atoms with Crippen molar-refractivity contribution in [3.05, 3.63) is 35.1 Å². The van der Waals surface area contributed by atoms with Crippen LogP contribution in [-0.4, -0.2) is 30.1 Å². The molecule has 1 N–H and O–H groups in total. The predicted octanol–water partition coefficient (Wildman–Crippen LogP) is 4.14. The average Bonchev–Trinajstić information content (AvgIpc) is 2.42. The summed E-state index contributed by atoms with van der Waals surface area (Å²) in [6.07, 6.45) is -2.77. The van der Waals surface area contributed by atoms with Crippen LogP contribution in [0.3, 0.4) is 0 Å². The van der Waals surface area contributed by atoms with Crippen LogP contribution in [0.2, 0.25) is 0 Å². The summed E-state index contributed by atoms with van der Waals surface area (Å²) in [6, 6.07) is 4.87. The molecule has 2 nitrogen and oxygen atoms in total. The number of rotatable bonds is 4. The van der Waals surface area contributed by atoms with E-state index in [2.05, 4.69) is 37.9 Å². The normalized spacial score (nSPS) is 25.0. The second kappa shape index (κ2) is 7.01. The minimum Gasteiger partial charge on any atom is -0.311 e. The van der Waals surface area contributed by atoms with E-state index in [4.69, 9.17) is 0 Å². The average molecular weight is 314 g/mol. The van der Waals surface area contributed by atoms with E-state index < -0.39 is 17.8 Å². The number of alkyl halides is 2. The highest BCUT2D eigenvalue weighted by Crippen LogP contribution is 2.33. The van der Waals surface area contributed by atoms with Crippen LogP contribution in [0.5, 0.6) is 0 Å². The molecule has 22 heavy (non-hydrogen) atoms. The lowest BCUT2D eigenvalue weighted by atomic mass is 9.91. The van der Waals surface area contributed by atoms with Gasteiger partial charge in [-0.1, -0.05) is 26.0 Å². The summed E-state index contributed by atoms with van der Waals surface area (Å²) in [5, 5.41) is 3.43. The molecule has 1 aromatic carbocycles. The Morgan fingerprint density at radius 2 is 1.91 bits per heavy atom. The second-order valence-electron chi connectivity index (χ2n) is 6.63. The highest BCUT2D eigenvalue weighted by Gasteiger charge is 2.32. The van der Waals surface area contributed by atoms with Crippen molar-refractivity contribution in [3.63, 3.8) is 0 Å². The van der Waals surface area contributed by atoms with Gasteiger partial charge in [0, 0.05) is 31.2 Å². The number of halogens is 3. The van der Waals surface area contributed by atoms with Crippen molar-refractivity contribution in [2.75, 3.05) is 13.1 Å². The number of piperazine rings is 1. The van der Waals surface area contributed by atoms with Gasteiger partial charge in [0.2, 0.25) is 0 Å². The lowest BCUT2D eigenvalue weighted by Crippen LogP contribution is -2.56. The highest BCUT2D eigenvalue weighted by molar-refractivity contribution is 5.28. The van der Waals surface area contributed by atoms with Crippen LogP contribution in [0.1, 0.15) is 51.3 Å². The third kappa shape index (κ3) is 3.63. The zero-order valence-electron chi connectivity index (χ0n) is 13.6. The second-order valence-corrected chi connectivity index (χ2v) is 6.63. The molecule has 1 aromatic rings. The number of nitrogens with one attached hydrogen (secondary N) is 1. The first-order valence-electron chi connectivity index (χ1n) is 7.87. The van der Waals surface area contributed by atoms with Gasteiger partial charge in [-0.3, -0.25) is 4.90 Å². The van der Waals surface area contributed by atoms with Crippen LogP contribution in [-0.2, 0) is 0 Å². The molecule has 1 heterocycles. The predicted molar refractivity (Wildman–Crippen MR) is 82.6 cm³/mol. The molecule has 1 fully saturated rings. The SMILES string of the molecule is CC(C)C(c1ccc(C(F)F)c(F)c1)N1C[C@H](C)NC[C@H]1C. The summed E-state index contributed by atoms with van der Waals surface area (Å²) in [5.41, 5.74) is 0.255. The zero-order chi connectivity index (χ0) is 16.4. The van der Waals surface area contributed by atoms with Crippen LogP contribution in [0.25, 0.3) is 0 Å². The van der Waals surface area contributed by atoms with Crippen molar-refractivity contribution in [2.45, 2.75) is 52.2 Å². The van der Waals surface area contributed by atoms with E-state index in [-0.39, 0.29) is 12.0 Å². The van der Waals surface area contributed by atoms with E-state index in [1.54, 1.807) is 6.07 Å². The van der Waals surface area contributed by atoms with Gasteiger partial charge >= 0.3 is 0 Å². The number of nitrogens with zero attached hydrogens (tertiary/aromatic N) is 1. The van der Waals surface area contributed by atoms with E-state index in [1.165, 1.54) is 12.1 Å². The molecule has 124 valence electrons. The van der Waals surface area contributed by atoms with Crippen LogP contribution >= 0.6 is 0 Å². The molecule has 1 unspecified atom stereocenters. The third-order valence-corrected chi connectivity index (χ3v) is 4.40. The highest BCUT2D eigenvalue weighted by atomic mass is 19.3. The van der Waals surface area contributed by atoms with Crippen molar-refractivity contribution in [3.8, 4) is 0 Å². The summed E-state index contributed by atoms with van der Waals surface area (Å²) < 4.78 is 39.4. The maximum atomic E-state index is 14.0. The molecule has 0 aliphatic carbocycles. The van der Waals surface area contributed by atoms with Crippen LogP contribution in [0.4, 0.5) is 13.2 Å². The van der Waals surface area contributed by atoms with Gasteiger partial charge in [-0.05, 0) is 31.4 Å². The summed E-state index contributed by atoms with van der Waals surface area (Å²) in [4.78, 5) is 2.35. The summed E-state index contributed by atoms with van der Waals surface area (Å²) in [5.74, 6) is -0.543. The van der Waals surface area contributed by atoms with E-state index in [9.17, 15) is 13.2 Å². The fourth-order valence-corrected chi connectivity index (χ4v) is 3.30. The summed E-state index contributed by atoms with van der Waals surface area (Å²) in [6.45, 7) is 10.2. The van der Waals surface area contributed by atoms with Gasteiger partial charge in [0.15, 0.2) is 0 Å². The Labute approximate surface area is 130 Å². The van der Waals surface area contributed by atoms with Crippen molar-refractivity contribution >= 4 is 0 Å². The third-order valence-electron chi connectivity index (χ3n) is 4.40. The Morgan fingerprint density at radius 1 is 1.23 bits per heavy atom. The van der Waals surface area contributed by atoms with Gasteiger partial charge in [-0.25, -0.2) is 13.2 Å². The molecule has 0 saturated carbocycles. The van der Waals surface area contributed by atoms with Gasteiger partial charge in [-0.2, -0.15) is 0 Å². The molecule has 5 heteroatoms. The van der Waals surface area contributed by atoms with Gasteiger partial charge in [-0.15, -0.1) is 0 Å². The fourth-order valence-electron chi connectivity index (χ4n) is 3.30. The molecule has 1 aliphatic heterocycles. The fraction of sp³-hybridized carbons (Fsp3) is 0.647. The van der Waals surface area contributed by atoms with Crippen molar-refractivity contribution in [1.82, 2.24) is 10.2 Å². The minimum absolute atomic E-state index is 0.0285. The lowest BCUT2D eigenvalue weighted by Gasteiger charge is -2.44. The molecule has 0 radical (unpaired) electrons. The molecule has 0 bridgehead atoms. The first-order valence-corrected chi connectivity index (χ1v) is 7.87. The van der Waals surface area contributed by atoms with Gasteiger partial charge in [0.25, 0.3) is 6.43 Å². The van der Waals surface area contributed by atoms with Crippen molar-refractivity contribution < 1.29 is 13.2 Å². The molecule has 1 aliphatic rings. The molecule has 0 amide bonds. The largest absolute Gasteiger partial charge is 0.311 e.